The average Bonchev–Trinajstić information content (AvgIpc) is 2.96. The molecule has 2 aromatic carbocycles. The molecule has 0 amide bonds. The fourth-order valence-corrected chi connectivity index (χ4v) is 3.93. The minimum absolute atomic E-state index is 0.297. The highest BCUT2D eigenvalue weighted by Gasteiger charge is 2.53. The lowest BCUT2D eigenvalue weighted by molar-refractivity contribution is -0.661. The predicted molar refractivity (Wildman–Crippen MR) is 94.6 cm³/mol. The average molecular weight is 341 g/mol. The van der Waals surface area contributed by atoms with Gasteiger partial charge in [0.15, 0.2) is 18.0 Å². The van der Waals surface area contributed by atoms with Crippen LogP contribution in [0.25, 0.3) is 0 Å². The van der Waals surface area contributed by atoms with E-state index in [-0.39, 0.29) is 5.82 Å². The smallest absolute Gasteiger partial charge is 0.271 e. The molecule has 0 fully saturated rings. The van der Waals surface area contributed by atoms with Gasteiger partial charge in [0.05, 0.1) is 13.7 Å². The van der Waals surface area contributed by atoms with E-state index in [4.69, 9.17) is 4.74 Å². The molecule has 0 bridgehead atoms. The highest BCUT2D eigenvalue weighted by atomic mass is 19.1. The Kier molecular flexibility index (Phi) is 3.96. The van der Waals surface area contributed by atoms with Crippen LogP contribution in [-0.2, 0) is 5.72 Å². The first-order valence-corrected chi connectivity index (χ1v) is 8.66. The molecular weight excluding hydrogens is 319 g/mol. The summed E-state index contributed by atoms with van der Waals surface area (Å²) in [4.78, 5) is 2.14. The number of benzene rings is 2. The molecule has 0 aromatic heterocycles. The molecule has 2 aliphatic heterocycles. The molecule has 4 rings (SSSR count). The standard InChI is InChI=1S/C20H22FN2O2/c1-25-18-7-3-2-6-17(18)22-14-20(24,15-9-11-16(21)12-10-15)23-13-5-4-8-19(22)23/h2-3,6-7,9-12,24H,4-5,8,13-14H2,1H3/q+1. The highest BCUT2D eigenvalue weighted by Crippen LogP contribution is 2.38. The third-order valence-electron chi connectivity index (χ3n) is 5.16. The van der Waals surface area contributed by atoms with Gasteiger partial charge in [0.1, 0.15) is 5.82 Å². The Bertz CT molecular complexity index is 819. The van der Waals surface area contributed by atoms with Gasteiger partial charge in [0.25, 0.3) is 11.6 Å². The number of hydrogen-bond donors (Lipinski definition) is 1. The number of methoxy groups -OCH3 is 1. The largest absolute Gasteiger partial charge is 0.492 e. The first-order chi connectivity index (χ1) is 12.1. The van der Waals surface area contributed by atoms with Crippen LogP contribution in [0.5, 0.6) is 5.75 Å². The summed E-state index contributed by atoms with van der Waals surface area (Å²) in [6.07, 6.45) is 3.03. The topological polar surface area (TPSA) is 35.7 Å². The molecule has 2 aromatic rings. The summed E-state index contributed by atoms with van der Waals surface area (Å²) in [6.45, 7) is 1.18. The first-order valence-electron chi connectivity index (χ1n) is 8.66. The lowest BCUT2D eigenvalue weighted by atomic mass is 10.0. The number of para-hydroxylation sites is 2. The quantitative estimate of drug-likeness (QED) is 0.872. The summed E-state index contributed by atoms with van der Waals surface area (Å²) in [5.41, 5.74) is 0.500. The van der Waals surface area contributed by atoms with Crippen LogP contribution >= 0.6 is 0 Å². The molecule has 2 aliphatic rings. The van der Waals surface area contributed by atoms with E-state index < -0.39 is 5.72 Å². The maximum atomic E-state index is 13.3. The molecule has 0 saturated carbocycles. The van der Waals surface area contributed by atoms with E-state index in [0.29, 0.717) is 12.1 Å². The Morgan fingerprint density at radius 2 is 1.88 bits per heavy atom. The van der Waals surface area contributed by atoms with Gasteiger partial charge in [0.2, 0.25) is 0 Å². The van der Waals surface area contributed by atoms with Crippen molar-refractivity contribution in [2.45, 2.75) is 25.0 Å². The zero-order valence-corrected chi connectivity index (χ0v) is 14.3. The van der Waals surface area contributed by atoms with E-state index in [1.165, 1.54) is 12.1 Å². The summed E-state index contributed by atoms with van der Waals surface area (Å²) in [7, 11) is 1.66. The summed E-state index contributed by atoms with van der Waals surface area (Å²) in [6, 6.07) is 14.0. The van der Waals surface area contributed by atoms with Crippen molar-refractivity contribution in [2.75, 3.05) is 25.1 Å². The summed E-state index contributed by atoms with van der Waals surface area (Å²) in [5, 5.41) is 11.5. The molecule has 25 heavy (non-hydrogen) atoms. The Labute approximate surface area is 146 Å². The fourth-order valence-electron chi connectivity index (χ4n) is 3.93. The van der Waals surface area contributed by atoms with Crippen LogP contribution in [0.1, 0.15) is 24.8 Å². The van der Waals surface area contributed by atoms with Crippen molar-refractivity contribution in [3.63, 3.8) is 0 Å². The summed E-state index contributed by atoms with van der Waals surface area (Å²) >= 11 is 0. The van der Waals surface area contributed by atoms with Crippen molar-refractivity contribution < 1.29 is 18.8 Å². The minimum atomic E-state index is -1.16. The molecule has 0 spiro atoms. The SMILES string of the molecule is COc1ccccc1N1CC(O)(c2ccc(F)cc2)[N+]2=C1CCCC2. The van der Waals surface area contributed by atoms with Crippen molar-refractivity contribution in [3.8, 4) is 5.75 Å². The molecule has 1 unspecified atom stereocenters. The van der Waals surface area contributed by atoms with Crippen LogP contribution in [-0.4, -0.2) is 35.7 Å². The van der Waals surface area contributed by atoms with Gasteiger partial charge < -0.3 is 9.84 Å². The lowest BCUT2D eigenvalue weighted by Crippen LogP contribution is -2.41. The van der Waals surface area contributed by atoms with Crippen molar-refractivity contribution in [2.24, 2.45) is 0 Å². The van der Waals surface area contributed by atoms with Crippen LogP contribution in [0.4, 0.5) is 10.1 Å². The van der Waals surface area contributed by atoms with Crippen molar-refractivity contribution >= 4 is 11.5 Å². The Morgan fingerprint density at radius 1 is 1.12 bits per heavy atom. The zero-order valence-electron chi connectivity index (χ0n) is 14.3. The van der Waals surface area contributed by atoms with Gasteiger partial charge in [-0.25, -0.2) is 13.9 Å². The van der Waals surface area contributed by atoms with E-state index >= 15 is 0 Å². The van der Waals surface area contributed by atoms with E-state index in [1.54, 1.807) is 19.2 Å². The number of nitrogens with zero attached hydrogens (tertiary/aromatic N) is 2. The van der Waals surface area contributed by atoms with Crippen molar-refractivity contribution in [3.05, 3.63) is 59.9 Å². The summed E-state index contributed by atoms with van der Waals surface area (Å²) < 4.78 is 20.9. The van der Waals surface area contributed by atoms with Gasteiger partial charge in [-0.3, -0.25) is 0 Å². The van der Waals surface area contributed by atoms with E-state index in [2.05, 4.69) is 9.48 Å². The second-order valence-electron chi connectivity index (χ2n) is 6.61. The normalized spacial score (nSPS) is 22.9. The molecule has 1 atom stereocenters. The molecule has 2 heterocycles. The summed E-state index contributed by atoms with van der Waals surface area (Å²) in [5.74, 6) is 1.58. The van der Waals surface area contributed by atoms with Crippen molar-refractivity contribution in [1.82, 2.24) is 0 Å². The van der Waals surface area contributed by atoms with Gasteiger partial charge in [-0.1, -0.05) is 12.1 Å². The van der Waals surface area contributed by atoms with Gasteiger partial charge in [-0.05, 0) is 49.2 Å². The molecule has 5 heteroatoms. The van der Waals surface area contributed by atoms with E-state index in [9.17, 15) is 9.50 Å². The maximum absolute atomic E-state index is 13.3. The van der Waals surface area contributed by atoms with Gasteiger partial charge >= 0.3 is 0 Å². The Balaban J connectivity index is 1.82. The number of amidine groups is 1. The third kappa shape index (κ3) is 2.59. The highest BCUT2D eigenvalue weighted by molar-refractivity contribution is 5.97. The number of anilines is 1. The Morgan fingerprint density at radius 3 is 2.64 bits per heavy atom. The Hall–Kier alpha value is -2.40. The van der Waals surface area contributed by atoms with Crippen LogP contribution in [0.2, 0.25) is 0 Å². The number of β-amino-alcohol motifs (C(OH)–C–C–N with tert-alkyl or cyclic N) is 1. The lowest BCUT2D eigenvalue weighted by Gasteiger charge is -2.24. The van der Waals surface area contributed by atoms with Gasteiger partial charge in [0, 0.05) is 12.0 Å². The van der Waals surface area contributed by atoms with Crippen LogP contribution in [0, 0.1) is 5.82 Å². The fraction of sp³-hybridized carbons (Fsp3) is 0.350. The van der Waals surface area contributed by atoms with Gasteiger partial charge in [-0.2, -0.15) is 0 Å². The molecule has 0 aliphatic carbocycles. The number of hydrogen-bond acceptors (Lipinski definition) is 3. The van der Waals surface area contributed by atoms with Crippen LogP contribution in [0.3, 0.4) is 0 Å². The second-order valence-corrected chi connectivity index (χ2v) is 6.61. The number of halogens is 1. The monoisotopic (exact) mass is 341 g/mol. The number of ether oxygens (including phenoxy) is 1. The van der Waals surface area contributed by atoms with E-state index in [1.807, 2.05) is 24.3 Å². The molecular formula is C20H22FN2O2+. The minimum Gasteiger partial charge on any atom is -0.492 e. The van der Waals surface area contributed by atoms with E-state index in [0.717, 1.165) is 43.1 Å². The van der Waals surface area contributed by atoms with Crippen LogP contribution in [0.15, 0.2) is 48.5 Å². The number of rotatable bonds is 3. The third-order valence-corrected chi connectivity index (χ3v) is 5.16. The zero-order chi connectivity index (χ0) is 17.4. The van der Waals surface area contributed by atoms with Gasteiger partial charge in [-0.15, -0.1) is 0 Å². The van der Waals surface area contributed by atoms with Crippen molar-refractivity contribution in [1.29, 1.82) is 0 Å². The number of aliphatic hydroxyl groups is 1. The van der Waals surface area contributed by atoms with Crippen LogP contribution < -0.4 is 9.64 Å². The second kappa shape index (κ2) is 6.15. The molecule has 4 nitrogen and oxygen atoms in total. The maximum Gasteiger partial charge on any atom is 0.271 e. The molecule has 130 valence electrons. The predicted octanol–water partition coefficient (Wildman–Crippen LogP) is 3.09. The molecule has 1 N–H and O–H groups in total. The molecule has 0 radical (unpaired) electrons. The first kappa shape index (κ1) is 16.1. The molecule has 0 saturated heterocycles.